The molecule has 1 saturated carbocycles. The van der Waals surface area contributed by atoms with Gasteiger partial charge in [-0.25, -0.2) is 14.7 Å². The summed E-state index contributed by atoms with van der Waals surface area (Å²) in [6.07, 6.45) is 6.36. The van der Waals surface area contributed by atoms with Gasteiger partial charge in [-0.2, -0.15) is 8.42 Å². The highest BCUT2D eigenvalue weighted by atomic mass is 79.9. The van der Waals surface area contributed by atoms with Gasteiger partial charge in [0, 0.05) is 55.3 Å². The van der Waals surface area contributed by atoms with Crippen molar-refractivity contribution in [1.82, 2.24) is 24.9 Å². The molecule has 5 heterocycles. The molecule has 3 fully saturated rings. The molecule has 4 bridgehead atoms. The molecular formula is C39H60BrN7O6S. The molecule has 0 aromatic carbocycles. The summed E-state index contributed by atoms with van der Waals surface area (Å²) >= 11 is 3.18. The Morgan fingerprint density at radius 1 is 1.02 bits per heavy atom. The van der Waals surface area contributed by atoms with Crippen molar-refractivity contribution < 1.29 is 27.5 Å². The number of nitrogens with one attached hydrogen (secondary N) is 3. The lowest BCUT2D eigenvalue weighted by molar-refractivity contribution is -0.125. The maximum Gasteiger partial charge on any atom is 0.281 e. The smallest absolute Gasteiger partial charge is 0.281 e. The van der Waals surface area contributed by atoms with Crippen LogP contribution in [0.5, 0.6) is 0 Å². The van der Waals surface area contributed by atoms with Crippen molar-refractivity contribution in [3.05, 3.63) is 41.6 Å². The number of hydrogen-bond acceptors (Lipinski definition) is 11. The monoisotopic (exact) mass is 833 g/mol. The van der Waals surface area contributed by atoms with E-state index in [1.165, 1.54) is 6.07 Å². The lowest BCUT2D eigenvalue weighted by Crippen LogP contribution is -2.57. The third-order valence-corrected chi connectivity index (χ3v) is 12.9. The molecule has 0 radical (unpaired) electrons. The van der Waals surface area contributed by atoms with Gasteiger partial charge in [0.15, 0.2) is 5.03 Å². The fraction of sp³-hybridized carbons (Fsp3) is 0.692. The Hall–Kier alpha value is -2.85. The number of halogens is 1. The summed E-state index contributed by atoms with van der Waals surface area (Å²) in [6, 6.07) is 7.55. The molecule has 54 heavy (non-hydrogen) atoms. The Morgan fingerprint density at radius 2 is 1.72 bits per heavy atom. The molecule has 2 atom stereocenters. The zero-order valence-corrected chi connectivity index (χ0v) is 35.4. The van der Waals surface area contributed by atoms with Gasteiger partial charge in [0.1, 0.15) is 17.7 Å². The van der Waals surface area contributed by atoms with Crippen LogP contribution in [0.15, 0.2) is 35.4 Å². The number of piperidine rings is 1. The van der Waals surface area contributed by atoms with E-state index >= 15 is 0 Å². The van der Waals surface area contributed by atoms with Crippen molar-refractivity contribution in [2.75, 3.05) is 69.2 Å². The number of alkyl halides is 1. The number of carbonyl (C=O) groups is 2. The zero-order chi connectivity index (χ0) is 39.3. The van der Waals surface area contributed by atoms with Crippen LogP contribution in [0.4, 0.5) is 11.6 Å². The Labute approximate surface area is 330 Å². The number of sulfonamides is 1. The Kier molecular flexibility index (Phi) is 13.7. The normalized spacial score (nSPS) is 23.7. The van der Waals surface area contributed by atoms with Gasteiger partial charge < -0.3 is 29.9 Å². The molecule has 1 spiro atoms. The van der Waals surface area contributed by atoms with Crippen molar-refractivity contribution in [3.8, 4) is 0 Å². The number of likely N-dealkylation sites (tertiary alicyclic amines) is 1. The third-order valence-electron chi connectivity index (χ3n) is 11.3. The minimum Gasteiger partial charge on any atom is -0.384 e. The Morgan fingerprint density at radius 3 is 2.35 bits per heavy atom. The van der Waals surface area contributed by atoms with E-state index in [9.17, 15) is 18.0 Å². The lowest BCUT2D eigenvalue weighted by Gasteiger charge is -2.52. The number of rotatable bonds is 7. The molecule has 3 N–H and O–H groups in total. The Balaban J connectivity index is 0.00000105. The predicted molar refractivity (Wildman–Crippen MR) is 215 cm³/mol. The predicted octanol–water partition coefficient (Wildman–Crippen LogP) is 5.11. The van der Waals surface area contributed by atoms with Crippen LogP contribution in [0.3, 0.4) is 0 Å². The average Bonchev–Trinajstić information content (AvgIpc) is 3.42. The molecule has 1 unspecified atom stereocenters. The fourth-order valence-corrected chi connectivity index (χ4v) is 9.53. The van der Waals surface area contributed by atoms with Crippen molar-refractivity contribution in [2.24, 2.45) is 11.3 Å². The van der Waals surface area contributed by atoms with Gasteiger partial charge in [0.05, 0.1) is 18.8 Å². The molecular weight excluding hydrogens is 774 g/mol. The quantitative estimate of drug-likeness (QED) is 0.319. The SMILES string of the molecule is COCCBr.COCCN1CCC2(CC1)CC(NC(=O)C1CC[C@@H]3CN(c4nc(C(C)(C)C)ccc4C(=O)NS(=O)(=O)c4cccc(n4)N1)C(C)(C)C3)C2. The maximum atomic E-state index is 13.9. The van der Waals surface area contributed by atoms with Gasteiger partial charge in [-0.3, -0.25) is 9.59 Å². The largest absolute Gasteiger partial charge is 0.384 e. The van der Waals surface area contributed by atoms with Crippen molar-refractivity contribution in [2.45, 2.75) is 108 Å². The first-order valence-electron chi connectivity index (χ1n) is 19.2. The van der Waals surface area contributed by atoms with E-state index in [1.54, 1.807) is 38.5 Å². The molecule has 2 aromatic heterocycles. The van der Waals surface area contributed by atoms with E-state index < -0.39 is 22.0 Å². The van der Waals surface area contributed by atoms with Crippen molar-refractivity contribution in [3.63, 3.8) is 0 Å². The summed E-state index contributed by atoms with van der Waals surface area (Å²) in [5, 5.41) is 7.20. The first-order chi connectivity index (χ1) is 25.5. The standard InChI is InChI=1S/C36H53N7O5S.C3H7BrO/c1-34(2,3)28-13-11-26-31(39-28)43-23-24(20-35(43,4)5)10-12-27(38-29-8-7-9-30(40-29)49(46,47)41-32(26)44)33(45)37-25-21-36(22-25)14-16-42(17-15-36)18-19-48-6;1-5-3-2-4/h7-9,11,13,24-25,27H,10,12,14-23H2,1-6H3,(H,37,45)(H,38,40)(H,41,44);2-3H2,1H3/t24-,27?;/m0./s1. The molecule has 2 aromatic rings. The molecule has 2 amide bonds. The van der Waals surface area contributed by atoms with Crippen LogP contribution in [0.1, 0.15) is 95.6 Å². The summed E-state index contributed by atoms with van der Waals surface area (Å²) in [4.78, 5) is 41.5. The minimum atomic E-state index is -4.34. The number of fused-ring (bicyclic) bond motifs is 6. The first kappa shape index (κ1) is 42.3. The summed E-state index contributed by atoms with van der Waals surface area (Å²) in [5.74, 6) is 0.116. The number of anilines is 2. The van der Waals surface area contributed by atoms with E-state index in [0.717, 1.165) is 82.4 Å². The summed E-state index contributed by atoms with van der Waals surface area (Å²) in [5.41, 5.74) is 0.668. The molecule has 4 aliphatic rings. The van der Waals surface area contributed by atoms with E-state index in [2.05, 4.69) is 85.4 Å². The van der Waals surface area contributed by atoms with Crippen LogP contribution in [-0.4, -0.2) is 112 Å². The molecule has 13 nitrogen and oxygen atoms in total. The summed E-state index contributed by atoms with van der Waals surface area (Å²) in [6.45, 7) is 15.7. The van der Waals surface area contributed by atoms with Gasteiger partial charge in [-0.1, -0.05) is 42.8 Å². The molecule has 3 aliphatic heterocycles. The number of aromatic nitrogens is 2. The highest BCUT2D eigenvalue weighted by Gasteiger charge is 2.47. The van der Waals surface area contributed by atoms with E-state index in [-0.39, 0.29) is 45.2 Å². The summed E-state index contributed by atoms with van der Waals surface area (Å²) < 4.78 is 39.2. The number of pyridine rings is 2. The fourth-order valence-electron chi connectivity index (χ4n) is 8.27. The van der Waals surface area contributed by atoms with Crippen molar-refractivity contribution in [1.29, 1.82) is 0 Å². The number of hydrogen-bond donors (Lipinski definition) is 3. The van der Waals surface area contributed by atoms with Crippen LogP contribution in [0.25, 0.3) is 0 Å². The zero-order valence-electron chi connectivity index (χ0n) is 33.0. The second-order valence-corrected chi connectivity index (χ2v) is 19.4. The topological polar surface area (TPSA) is 155 Å². The van der Waals surface area contributed by atoms with Crippen LogP contribution >= 0.6 is 15.9 Å². The number of amides is 2. The van der Waals surface area contributed by atoms with Crippen molar-refractivity contribution >= 4 is 49.4 Å². The van der Waals surface area contributed by atoms with Crippen LogP contribution in [0, 0.1) is 11.3 Å². The van der Waals surface area contributed by atoms with Gasteiger partial charge in [-0.05, 0) is 107 Å². The van der Waals surface area contributed by atoms with Crippen LogP contribution < -0.4 is 20.3 Å². The second-order valence-electron chi connectivity index (χ2n) is 17.0. The molecule has 300 valence electrons. The highest BCUT2D eigenvalue weighted by molar-refractivity contribution is 9.09. The molecule has 2 saturated heterocycles. The van der Waals surface area contributed by atoms with Crippen LogP contribution in [0.2, 0.25) is 0 Å². The van der Waals surface area contributed by atoms with E-state index in [0.29, 0.717) is 24.2 Å². The maximum absolute atomic E-state index is 13.9. The number of carbonyl (C=O) groups excluding carboxylic acids is 2. The van der Waals surface area contributed by atoms with E-state index in [4.69, 9.17) is 9.72 Å². The highest BCUT2D eigenvalue weighted by Crippen LogP contribution is 2.49. The van der Waals surface area contributed by atoms with Gasteiger partial charge in [0.2, 0.25) is 5.91 Å². The number of ether oxygens (including phenoxy) is 2. The summed E-state index contributed by atoms with van der Waals surface area (Å²) in [7, 11) is -0.917. The number of methoxy groups -OCH3 is 2. The lowest BCUT2D eigenvalue weighted by atomic mass is 9.60. The van der Waals surface area contributed by atoms with Gasteiger partial charge >= 0.3 is 0 Å². The van der Waals surface area contributed by atoms with Gasteiger partial charge in [0.25, 0.3) is 15.9 Å². The molecule has 6 rings (SSSR count). The third kappa shape index (κ3) is 10.3. The van der Waals surface area contributed by atoms with Crippen LogP contribution in [-0.2, 0) is 29.7 Å². The second kappa shape index (κ2) is 17.5. The number of nitrogens with zero attached hydrogens (tertiary/aromatic N) is 4. The molecule has 1 aliphatic carbocycles. The van der Waals surface area contributed by atoms with Gasteiger partial charge in [-0.15, -0.1) is 0 Å². The van der Waals surface area contributed by atoms with E-state index in [1.807, 2.05) is 0 Å². The first-order valence-corrected chi connectivity index (χ1v) is 21.8. The minimum absolute atomic E-state index is 0.0963. The Bertz CT molecular complexity index is 1720. The average molecular weight is 835 g/mol. The molecule has 15 heteroatoms.